The fourth-order valence-corrected chi connectivity index (χ4v) is 4.87. The second-order valence-corrected chi connectivity index (χ2v) is 7.49. The minimum Gasteiger partial charge on any atom is -0.497 e. The van der Waals surface area contributed by atoms with Crippen LogP contribution in [0.1, 0.15) is 19.3 Å². The number of rotatable bonds is 5. The molecule has 0 aliphatic heterocycles. The SMILES string of the molecule is COc1ccc(Br)c(S(=O)(=O)NC2CCCC2CN)c1. The molecule has 1 saturated carbocycles. The summed E-state index contributed by atoms with van der Waals surface area (Å²) in [6, 6.07) is 4.81. The van der Waals surface area contributed by atoms with Gasteiger partial charge < -0.3 is 10.5 Å². The molecular weight excluding hydrogens is 344 g/mol. The zero-order valence-electron chi connectivity index (χ0n) is 11.3. The van der Waals surface area contributed by atoms with E-state index < -0.39 is 10.0 Å². The summed E-state index contributed by atoms with van der Waals surface area (Å²) in [7, 11) is -2.07. The number of nitrogens with one attached hydrogen (secondary N) is 1. The molecule has 0 spiro atoms. The van der Waals surface area contributed by atoms with Crippen LogP contribution in [0.15, 0.2) is 27.6 Å². The summed E-state index contributed by atoms with van der Waals surface area (Å²) in [6.45, 7) is 0.506. The van der Waals surface area contributed by atoms with Crippen molar-refractivity contribution in [3.05, 3.63) is 22.7 Å². The maximum absolute atomic E-state index is 12.5. The average Bonchev–Trinajstić information content (AvgIpc) is 2.85. The van der Waals surface area contributed by atoms with E-state index in [4.69, 9.17) is 10.5 Å². The summed E-state index contributed by atoms with van der Waals surface area (Å²) >= 11 is 3.28. The van der Waals surface area contributed by atoms with Gasteiger partial charge in [0.15, 0.2) is 0 Å². The third-order valence-electron chi connectivity index (χ3n) is 3.70. The van der Waals surface area contributed by atoms with Crippen LogP contribution in [0, 0.1) is 5.92 Å². The predicted molar refractivity (Wildman–Crippen MR) is 81.2 cm³/mol. The number of halogens is 1. The molecule has 0 saturated heterocycles. The van der Waals surface area contributed by atoms with E-state index in [0.29, 0.717) is 16.8 Å². The number of hydrogen-bond acceptors (Lipinski definition) is 4. The van der Waals surface area contributed by atoms with Gasteiger partial charge in [-0.2, -0.15) is 0 Å². The highest BCUT2D eigenvalue weighted by molar-refractivity contribution is 9.10. The Bertz CT molecular complexity index is 577. The third-order valence-corrected chi connectivity index (χ3v) is 6.18. The Kier molecular flexibility index (Phi) is 5.06. The Labute approximate surface area is 128 Å². The minimum atomic E-state index is -3.58. The van der Waals surface area contributed by atoms with Crippen LogP contribution in [-0.2, 0) is 10.0 Å². The maximum atomic E-state index is 12.5. The number of nitrogens with two attached hydrogens (primary N) is 1. The molecule has 3 N–H and O–H groups in total. The van der Waals surface area contributed by atoms with Gasteiger partial charge >= 0.3 is 0 Å². The number of sulfonamides is 1. The number of methoxy groups -OCH3 is 1. The molecule has 112 valence electrons. The molecule has 0 radical (unpaired) electrons. The van der Waals surface area contributed by atoms with Crippen LogP contribution in [0.2, 0.25) is 0 Å². The monoisotopic (exact) mass is 362 g/mol. The van der Waals surface area contributed by atoms with Gasteiger partial charge in [0.25, 0.3) is 0 Å². The molecule has 0 heterocycles. The zero-order valence-corrected chi connectivity index (χ0v) is 13.7. The minimum absolute atomic E-state index is 0.0805. The fourth-order valence-electron chi connectivity index (χ4n) is 2.55. The van der Waals surface area contributed by atoms with Gasteiger partial charge in [-0.25, -0.2) is 13.1 Å². The van der Waals surface area contributed by atoms with Crippen molar-refractivity contribution in [3.8, 4) is 5.75 Å². The lowest BCUT2D eigenvalue weighted by Gasteiger charge is -2.20. The molecule has 2 rings (SSSR count). The van der Waals surface area contributed by atoms with Crippen molar-refractivity contribution in [1.29, 1.82) is 0 Å². The summed E-state index contributed by atoms with van der Waals surface area (Å²) in [5.41, 5.74) is 5.69. The van der Waals surface area contributed by atoms with Crippen molar-refractivity contribution in [2.24, 2.45) is 11.7 Å². The molecule has 1 aliphatic carbocycles. The second kappa shape index (κ2) is 6.43. The first-order valence-electron chi connectivity index (χ1n) is 6.54. The van der Waals surface area contributed by atoms with Crippen LogP contribution in [0.5, 0.6) is 5.75 Å². The Balaban J connectivity index is 2.26. The van der Waals surface area contributed by atoms with Gasteiger partial charge in [0.05, 0.1) is 12.0 Å². The van der Waals surface area contributed by atoms with Crippen LogP contribution in [0.4, 0.5) is 0 Å². The van der Waals surface area contributed by atoms with Crippen LogP contribution in [0.25, 0.3) is 0 Å². The van der Waals surface area contributed by atoms with E-state index in [1.165, 1.54) is 13.2 Å². The highest BCUT2D eigenvalue weighted by Crippen LogP contribution is 2.30. The molecule has 5 nitrogen and oxygen atoms in total. The first-order chi connectivity index (χ1) is 9.47. The molecule has 2 atom stereocenters. The lowest BCUT2D eigenvalue weighted by molar-refractivity contribution is 0.413. The Morgan fingerprint density at radius 1 is 1.45 bits per heavy atom. The quantitative estimate of drug-likeness (QED) is 0.837. The Morgan fingerprint density at radius 3 is 2.85 bits per heavy atom. The van der Waals surface area contributed by atoms with Crippen molar-refractivity contribution < 1.29 is 13.2 Å². The van der Waals surface area contributed by atoms with E-state index in [1.54, 1.807) is 12.1 Å². The van der Waals surface area contributed by atoms with Crippen molar-refractivity contribution in [3.63, 3.8) is 0 Å². The van der Waals surface area contributed by atoms with E-state index in [2.05, 4.69) is 20.7 Å². The topological polar surface area (TPSA) is 81.4 Å². The van der Waals surface area contributed by atoms with Crippen LogP contribution in [0.3, 0.4) is 0 Å². The predicted octanol–water partition coefficient (Wildman–Crippen LogP) is 1.86. The van der Waals surface area contributed by atoms with Gasteiger partial charge in [-0.1, -0.05) is 6.42 Å². The molecule has 0 bridgehead atoms. The summed E-state index contributed by atoms with van der Waals surface area (Å²) in [4.78, 5) is 0.194. The summed E-state index contributed by atoms with van der Waals surface area (Å²) < 4.78 is 33.4. The van der Waals surface area contributed by atoms with E-state index in [9.17, 15) is 8.42 Å². The molecule has 1 aromatic rings. The van der Waals surface area contributed by atoms with Crippen molar-refractivity contribution in [1.82, 2.24) is 4.72 Å². The summed E-state index contributed by atoms with van der Waals surface area (Å²) in [5, 5.41) is 0. The van der Waals surface area contributed by atoms with Gasteiger partial charge in [-0.05, 0) is 53.4 Å². The van der Waals surface area contributed by atoms with Gasteiger partial charge in [-0.15, -0.1) is 0 Å². The number of benzene rings is 1. The average molecular weight is 363 g/mol. The van der Waals surface area contributed by atoms with Gasteiger partial charge in [-0.3, -0.25) is 0 Å². The van der Waals surface area contributed by atoms with Crippen molar-refractivity contribution in [2.45, 2.75) is 30.2 Å². The van der Waals surface area contributed by atoms with E-state index in [-0.39, 0.29) is 16.9 Å². The first kappa shape index (κ1) is 15.8. The van der Waals surface area contributed by atoms with E-state index in [0.717, 1.165) is 19.3 Å². The second-order valence-electron chi connectivity index (χ2n) is 4.95. The van der Waals surface area contributed by atoms with E-state index >= 15 is 0 Å². The molecular formula is C13H19BrN2O3S. The van der Waals surface area contributed by atoms with Gasteiger partial charge in [0.2, 0.25) is 10.0 Å². The van der Waals surface area contributed by atoms with Crippen molar-refractivity contribution >= 4 is 26.0 Å². The Morgan fingerprint density at radius 2 is 2.20 bits per heavy atom. The maximum Gasteiger partial charge on any atom is 0.242 e. The molecule has 7 heteroatoms. The van der Waals surface area contributed by atoms with Crippen LogP contribution in [-0.4, -0.2) is 28.1 Å². The smallest absolute Gasteiger partial charge is 0.242 e. The standard InChI is InChI=1S/C13H19BrN2O3S/c1-19-10-5-6-11(14)13(7-10)20(17,18)16-12-4-2-3-9(12)8-15/h5-7,9,12,16H,2-4,8,15H2,1H3. The summed E-state index contributed by atoms with van der Waals surface area (Å²) in [5.74, 6) is 0.726. The van der Waals surface area contributed by atoms with Gasteiger partial charge in [0.1, 0.15) is 5.75 Å². The molecule has 1 aliphatic rings. The molecule has 20 heavy (non-hydrogen) atoms. The first-order valence-corrected chi connectivity index (χ1v) is 8.81. The highest BCUT2D eigenvalue weighted by atomic mass is 79.9. The molecule has 2 unspecified atom stereocenters. The summed E-state index contributed by atoms with van der Waals surface area (Å²) in [6.07, 6.45) is 2.82. The van der Waals surface area contributed by atoms with Gasteiger partial charge in [0, 0.05) is 16.6 Å². The van der Waals surface area contributed by atoms with Crippen LogP contribution >= 0.6 is 15.9 Å². The van der Waals surface area contributed by atoms with Crippen LogP contribution < -0.4 is 15.2 Å². The van der Waals surface area contributed by atoms with Crippen molar-refractivity contribution in [2.75, 3.05) is 13.7 Å². The normalized spacial score (nSPS) is 22.9. The largest absolute Gasteiger partial charge is 0.497 e. The fraction of sp³-hybridized carbons (Fsp3) is 0.538. The molecule has 0 aromatic heterocycles. The molecule has 1 fully saturated rings. The number of ether oxygens (including phenoxy) is 1. The Hall–Kier alpha value is -0.630. The zero-order chi connectivity index (χ0) is 14.8. The van der Waals surface area contributed by atoms with E-state index in [1.807, 2.05) is 0 Å². The number of hydrogen-bond donors (Lipinski definition) is 2. The molecule has 1 aromatic carbocycles. The lowest BCUT2D eigenvalue weighted by atomic mass is 10.1. The molecule has 0 amide bonds. The highest BCUT2D eigenvalue weighted by Gasteiger charge is 2.31. The third kappa shape index (κ3) is 3.33. The lowest BCUT2D eigenvalue weighted by Crippen LogP contribution is -2.39.